The van der Waals surface area contributed by atoms with Crippen molar-refractivity contribution >= 4 is 5.91 Å². The molecule has 3 heterocycles. The Bertz CT molecular complexity index is 609. The van der Waals surface area contributed by atoms with E-state index < -0.39 is 5.60 Å². The summed E-state index contributed by atoms with van der Waals surface area (Å²) in [6, 6.07) is 0. The largest absolute Gasteiger partial charge is 0.389 e. The predicted molar refractivity (Wildman–Crippen MR) is 95.2 cm³/mol. The van der Waals surface area contributed by atoms with Crippen LogP contribution in [0.1, 0.15) is 49.6 Å². The van der Waals surface area contributed by atoms with Crippen molar-refractivity contribution < 1.29 is 14.6 Å². The third-order valence-electron chi connectivity index (χ3n) is 6.34. The fraction of sp³-hybridized carbons (Fsp3) is 0.789. The monoisotopic (exact) mass is 349 g/mol. The predicted octanol–water partition coefficient (Wildman–Crippen LogP) is 1.99. The zero-order chi connectivity index (χ0) is 18.0. The summed E-state index contributed by atoms with van der Waals surface area (Å²) in [6.07, 6.45) is 3.67. The van der Waals surface area contributed by atoms with Gasteiger partial charge in [-0.25, -0.2) is 0 Å². The van der Waals surface area contributed by atoms with E-state index in [1.54, 1.807) is 0 Å². The molecule has 2 saturated heterocycles. The molecule has 1 amide bonds. The van der Waals surface area contributed by atoms with Gasteiger partial charge in [0.15, 0.2) is 0 Å². The molecule has 2 fully saturated rings. The molecule has 1 unspecified atom stereocenters. The van der Waals surface area contributed by atoms with E-state index in [0.717, 1.165) is 43.0 Å². The number of rotatable bonds is 4. The van der Waals surface area contributed by atoms with Crippen LogP contribution in [0.15, 0.2) is 0 Å². The summed E-state index contributed by atoms with van der Waals surface area (Å²) in [5.74, 6) is 0.562. The van der Waals surface area contributed by atoms with Gasteiger partial charge >= 0.3 is 0 Å². The van der Waals surface area contributed by atoms with E-state index in [1.165, 1.54) is 0 Å². The number of aryl methyl sites for hydroxylation is 2. The first kappa shape index (κ1) is 18.4. The Kier molecular flexibility index (Phi) is 5.49. The van der Waals surface area contributed by atoms with Crippen molar-refractivity contribution in [3.63, 3.8) is 0 Å². The molecule has 0 bridgehead atoms. The number of piperidine rings is 1. The van der Waals surface area contributed by atoms with Gasteiger partial charge in [-0.05, 0) is 44.6 Å². The van der Waals surface area contributed by atoms with Crippen LogP contribution in [-0.4, -0.2) is 58.0 Å². The van der Waals surface area contributed by atoms with Gasteiger partial charge in [0.2, 0.25) is 5.91 Å². The lowest BCUT2D eigenvalue weighted by molar-refractivity contribution is -0.151. The standard InChI is InChI=1S/C19H31N3O3/c1-13-12-22(9-8-19(13,24)16-6-10-25-11-7-16)18(23)5-4-17-14(2)15(3)20-21-17/h13,16,24H,4-12H2,1-3H3,(H,20,21)/t13?,19-/m0/s1. The Labute approximate surface area is 149 Å². The van der Waals surface area contributed by atoms with E-state index >= 15 is 0 Å². The van der Waals surface area contributed by atoms with Crippen LogP contribution in [0, 0.1) is 25.7 Å². The minimum Gasteiger partial charge on any atom is -0.389 e. The van der Waals surface area contributed by atoms with Gasteiger partial charge in [-0.3, -0.25) is 9.89 Å². The number of ether oxygens (including phenoxy) is 1. The van der Waals surface area contributed by atoms with Gasteiger partial charge in [0.05, 0.1) is 11.3 Å². The summed E-state index contributed by atoms with van der Waals surface area (Å²) in [6.45, 7) is 8.89. The zero-order valence-corrected chi connectivity index (χ0v) is 15.7. The van der Waals surface area contributed by atoms with E-state index in [-0.39, 0.29) is 11.8 Å². The molecule has 2 aliphatic rings. The number of amides is 1. The molecular formula is C19H31N3O3. The van der Waals surface area contributed by atoms with Crippen molar-refractivity contribution in [2.24, 2.45) is 11.8 Å². The number of carbonyl (C=O) groups excluding carboxylic acids is 1. The van der Waals surface area contributed by atoms with Crippen LogP contribution in [0.3, 0.4) is 0 Å². The first-order valence-electron chi connectivity index (χ1n) is 9.50. The van der Waals surface area contributed by atoms with Gasteiger partial charge in [-0.2, -0.15) is 5.10 Å². The summed E-state index contributed by atoms with van der Waals surface area (Å²) >= 11 is 0. The maximum Gasteiger partial charge on any atom is 0.222 e. The molecule has 0 radical (unpaired) electrons. The van der Waals surface area contributed by atoms with Crippen LogP contribution in [0.25, 0.3) is 0 Å². The van der Waals surface area contributed by atoms with Crippen LogP contribution in [0.5, 0.6) is 0 Å². The lowest BCUT2D eigenvalue weighted by atomic mass is 9.70. The number of aromatic amines is 1. The van der Waals surface area contributed by atoms with Gasteiger partial charge in [0, 0.05) is 50.8 Å². The number of likely N-dealkylation sites (tertiary alicyclic amines) is 1. The Hall–Kier alpha value is -1.40. The van der Waals surface area contributed by atoms with Crippen LogP contribution in [-0.2, 0) is 16.0 Å². The smallest absolute Gasteiger partial charge is 0.222 e. The molecule has 1 aromatic rings. The third kappa shape index (κ3) is 3.75. The van der Waals surface area contributed by atoms with Crippen LogP contribution >= 0.6 is 0 Å². The average Bonchev–Trinajstić information content (AvgIpc) is 2.94. The molecule has 6 heteroatoms. The first-order valence-corrected chi connectivity index (χ1v) is 9.50. The fourth-order valence-electron chi connectivity index (χ4n) is 4.33. The second-order valence-corrected chi connectivity index (χ2v) is 7.79. The van der Waals surface area contributed by atoms with Crippen LogP contribution in [0.4, 0.5) is 0 Å². The first-order chi connectivity index (χ1) is 11.9. The van der Waals surface area contributed by atoms with E-state index in [1.807, 2.05) is 18.7 Å². The number of nitrogens with zero attached hydrogens (tertiary/aromatic N) is 2. The van der Waals surface area contributed by atoms with Crippen LogP contribution < -0.4 is 0 Å². The molecule has 6 nitrogen and oxygen atoms in total. The van der Waals surface area contributed by atoms with Crippen molar-refractivity contribution in [3.05, 3.63) is 17.0 Å². The number of hydrogen-bond donors (Lipinski definition) is 2. The molecule has 0 aliphatic carbocycles. The number of nitrogens with one attached hydrogen (secondary N) is 1. The summed E-state index contributed by atoms with van der Waals surface area (Å²) in [7, 11) is 0. The minimum atomic E-state index is -0.656. The van der Waals surface area contributed by atoms with Gasteiger partial charge in [-0.15, -0.1) is 0 Å². The van der Waals surface area contributed by atoms with Crippen LogP contribution in [0.2, 0.25) is 0 Å². The van der Waals surface area contributed by atoms with Crippen molar-refractivity contribution in [2.75, 3.05) is 26.3 Å². The van der Waals surface area contributed by atoms with E-state index in [9.17, 15) is 9.90 Å². The Morgan fingerprint density at radius 1 is 1.40 bits per heavy atom. The van der Waals surface area contributed by atoms with Gasteiger partial charge in [0.1, 0.15) is 0 Å². The topological polar surface area (TPSA) is 78.5 Å². The molecule has 2 N–H and O–H groups in total. The lowest BCUT2D eigenvalue weighted by Gasteiger charge is -2.48. The summed E-state index contributed by atoms with van der Waals surface area (Å²) in [4.78, 5) is 14.5. The maximum absolute atomic E-state index is 12.6. The Morgan fingerprint density at radius 3 is 2.72 bits per heavy atom. The second kappa shape index (κ2) is 7.46. The fourth-order valence-corrected chi connectivity index (χ4v) is 4.33. The van der Waals surface area contributed by atoms with Gasteiger partial charge in [-0.1, -0.05) is 6.92 Å². The molecule has 1 aromatic heterocycles. The molecule has 140 valence electrons. The molecule has 0 aromatic carbocycles. The lowest BCUT2D eigenvalue weighted by Crippen LogP contribution is -2.56. The number of H-pyrrole nitrogens is 1. The average molecular weight is 349 g/mol. The van der Waals surface area contributed by atoms with Crippen molar-refractivity contribution in [2.45, 2.75) is 58.5 Å². The number of aliphatic hydroxyl groups is 1. The van der Waals surface area contributed by atoms with Gasteiger partial charge in [0.25, 0.3) is 0 Å². The highest BCUT2D eigenvalue weighted by atomic mass is 16.5. The Balaban J connectivity index is 1.54. The molecule has 0 saturated carbocycles. The maximum atomic E-state index is 12.6. The third-order valence-corrected chi connectivity index (χ3v) is 6.34. The van der Waals surface area contributed by atoms with Crippen molar-refractivity contribution in [1.29, 1.82) is 0 Å². The summed E-state index contributed by atoms with van der Waals surface area (Å²) in [5.41, 5.74) is 2.54. The molecule has 3 rings (SSSR count). The molecule has 2 atom stereocenters. The highest BCUT2D eigenvalue weighted by molar-refractivity contribution is 5.76. The highest BCUT2D eigenvalue weighted by Crippen LogP contribution is 2.39. The molecular weight excluding hydrogens is 318 g/mol. The second-order valence-electron chi connectivity index (χ2n) is 7.79. The molecule has 25 heavy (non-hydrogen) atoms. The van der Waals surface area contributed by atoms with Gasteiger partial charge < -0.3 is 14.7 Å². The SMILES string of the molecule is Cc1[nH]nc(CCC(=O)N2CC[C@@](O)(C3CCOCC3)C(C)C2)c1C. The van der Waals surface area contributed by atoms with E-state index in [2.05, 4.69) is 17.1 Å². The minimum absolute atomic E-state index is 0.0997. The normalized spacial score (nSPS) is 28.3. The summed E-state index contributed by atoms with van der Waals surface area (Å²) < 4.78 is 5.43. The number of hydrogen-bond acceptors (Lipinski definition) is 4. The van der Waals surface area contributed by atoms with E-state index in [4.69, 9.17) is 4.74 Å². The Morgan fingerprint density at radius 2 is 2.12 bits per heavy atom. The molecule has 2 aliphatic heterocycles. The number of aromatic nitrogens is 2. The van der Waals surface area contributed by atoms with Crippen molar-refractivity contribution in [1.82, 2.24) is 15.1 Å². The van der Waals surface area contributed by atoms with Crippen molar-refractivity contribution in [3.8, 4) is 0 Å². The highest BCUT2D eigenvalue weighted by Gasteiger charge is 2.45. The number of carbonyl (C=O) groups is 1. The quantitative estimate of drug-likeness (QED) is 0.871. The summed E-state index contributed by atoms with van der Waals surface area (Å²) in [5, 5.41) is 18.5. The molecule has 0 spiro atoms. The zero-order valence-electron chi connectivity index (χ0n) is 15.7. The van der Waals surface area contributed by atoms with E-state index in [0.29, 0.717) is 38.3 Å².